The fraction of sp³-hybridized carbons (Fsp3) is 0. The summed E-state index contributed by atoms with van der Waals surface area (Å²) in [6.45, 7) is 0. The number of phenols is 2. The highest BCUT2D eigenvalue weighted by molar-refractivity contribution is 6.21. The molecule has 0 saturated carbocycles. The molecule has 2 N–H and O–H groups in total. The standard InChI is InChI=1S/C50H34O2/c51-47-29-27-39(31-45(47)35-11-3-1-4-12-35)33-19-23-37(24-20-33)49-41-15-7-9-17-43(41)50(44-18-10-8-16-42(44)49)38-25-21-34(22-26-38)40-28-30-48(52)46(32-40)36-13-5-2-6-14-36/h1-32,51-52H. The van der Waals surface area contributed by atoms with Crippen LogP contribution < -0.4 is 0 Å². The van der Waals surface area contributed by atoms with Gasteiger partial charge in [0.15, 0.2) is 0 Å². The Morgan fingerprint density at radius 1 is 0.231 bits per heavy atom. The van der Waals surface area contributed by atoms with Crippen molar-refractivity contribution in [3.05, 3.63) is 194 Å². The third-order valence-electron chi connectivity index (χ3n) is 10.1. The van der Waals surface area contributed by atoms with Gasteiger partial charge in [-0.3, -0.25) is 0 Å². The molecule has 9 aromatic carbocycles. The SMILES string of the molecule is Oc1ccc(-c2ccc(-c3c4ccccc4c(-c4ccc(-c5ccc(O)c(-c6ccccc6)c5)cc4)c4ccccc34)cc2)cc1-c1ccccc1. The molecule has 2 heteroatoms. The summed E-state index contributed by atoms with van der Waals surface area (Å²) in [7, 11) is 0. The normalized spacial score (nSPS) is 11.2. The van der Waals surface area contributed by atoms with E-state index >= 15 is 0 Å². The van der Waals surface area contributed by atoms with E-state index < -0.39 is 0 Å². The topological polar surface area (TPSA) is 40.5 Å². The van der Waals surface area contributed by atoms with Gasteiger partial charge in [0.1, 0.15) is 11.5 Å². The third kappa shape index (κ3) is 5.57. The number of fused-ring (bicyclic) bond motifs is 2. The molecular formula is C50H34O2. The molecule has 0 atom stereocenters. The molecule has 0 heterocycles. The number of hydrogen-bond acceptors (Lipinski definition) is 2. The van der Waals surface area contributed by atoms with Crippen LogP contribution in [0.1, 0.15) is 0 Å². The van der Waals surface area contributed by atoms with Crippen LogP contribution in [0.4, 0.5) is 0 Å². The van der Waals surface area contributed by atoms with Gasteiger partial charge in [0.25, 0.3) is 0 Å². The second-order valence-corrected chi connectivity index (χ2v) is 13.2. The van der Waals surface area contributed by atoms with Gasteiger partial charge < -0.3 is 10.2 Å². The van der Waals surface area contributed by atoms with Crippen LogP contribution in [0, 0.1) is 0 Å². The van der Waals surface area contributed by atoms with Crippen molar-refractivity contribution in [2.45, 2.75) is 0 Å². The molecule has 9 aromatic rings. The minimum absolute atomic E-state index is 0.275. The van der Waals surface area contributed by atoms with Crippen molar-refractivity contribution in [3.63, 3.8) is 0 Å². The van der Waals surface area contributed by atoms with E-state index in [1.165, 1.54) is 32.7 Å². The number of rotatable bonds is 6. The van der Waals surface area contributed by atoms with Crippen LogP contribution in [0.2, 0.25) is 0 Å². The predicted molar refractivity (Wildman–Crippen MR) is 217 cm³/mol. The maximum atomic E-state index is 10.6. The Bertz CT molecular complexity index is 2460. The summed E-state index contributed by atoms with van der Waals surface area (Å²) in [5.74, 6) is 0.550. The van der Waals surface area contributed by atoms with Crippen molar-refractivity contribution in [3.8, 4) is 78.3 Å². The first-order chi connectivity index (χ1) is 25.6. The first kappa shape index (κ1) is 31.1. The van der Waals surface area contributed by atoms with Crippen LogP contribution in [-0.4, -0.2) is 10.2 Å². The summed E-state index contributed by atoms with van der Waals surface area (Å²) in [4.78, 5) is 0. The molecular weight excluding hydrogens is 633 g/mol. The van der Waals surface area contributed by atoms with Crippen molar-refractivity contribution in [2.75, 3.05) is 0 Å². The van der Waals surface area contributed by atoms with Crippen LogP contribution in [-0.2, 0) is 0 Å². The van der Waals surface area contributed by atoms with Gasteiger partial charge in [-0.05, 0) is 101 Å². The molecule has 0 aromatic heterocycles. The van der Waals surface area contributed by atoms with Gasteiger partial charge in [-0.25, -0.2) is 0 Å². The highest BCUT2D eigenvalue weighted by Crippen LogP contribution is 2.44. The zero-order valence-corrected chi connectivity index (χ0v) is 28.4. The van der Waals surface area contributed by atoms with Crippen LogP contribution in [0.5, 0.6) is 11.5 Å². The molecule has 0 fully saturated rings. The second-order valence-electron chi connectivity index (χ2n) is 13.2. The minimum atomic E-state index is 0.275. The molecule has 0 radical (unpaired) electrons. The molecule has 0 aliphatic carbocycles. The lowest BCUT2D eigenvalue weighted by molar-refractivity contribution is 0.477. The molecule has 0 unspecified atom stereocenters. The molecule has 246 valence electrons. The summed E-state index contributed by atoms with van der Waals surface area (Å²) < 4.78 is 0. The molecule has 0 bridgehead atoms. The van der Waals surface area contributed by atoms with E-state index in [2.05, 4.69) is 109 Å². The van der Waals surface area contributed by atoms with Gasteiger partial charge in [-0.15, -0.1) is 0 Å². The molecule has 0 spiro atoms. The van der Waals surface area contributed by atoms with Gasteiger partial charge >= 0.3 is 0 Å². The van der Waals surface area contributed by atoms with E-state index in [4.69, 9.17) is 0 Å². The van der Waals surface area contributed by atoms with Gasteiger partial charge in [-0.1, -0.05) is 170 Å². The predicted octanol–water partition coefficient (Wildman–Crippen LogP) is 13.4. The molecule has 0 aliphatic heterocycles. The Morgan fingerprint density at radius 3 is 0.865 bits per heavy atom. The van der Waals surface area contributed by atoms with Crippen LogP contribution in [0.25, 0.3) is 88.3 Å². The molecule has 0 amide bonds. The Balaban J connectivity index is 1.12. The molecule has 2 nitrogen and oxygen atoms in total. The minimum Gasteiger partial charge on any atom is -0.507 e. The summed E-state index contributed by atoms with van der Waals surface area (Å²) in [6, 6.07) is 66.7. The third-order valence-corrected chi connectivity index (χ3v) is 10.1. The Labute approximate surface area is 303 Å². The molecule has 52 heavy (non-hydrogen) atoms. The summed E-state index contributed by atoms with van der Waals surface area (Å²) in [5, 5.41) is 26.1. The smallest absolute Gasteiger partial charge is 0.123 e. The largest absolute Gasteiger partial charge is 0.507 e. The quantitative estimate of drug-likeness (QED) is 0.173. The van der Waals surface area contributed by atoms with E-state index in [1.54, 1.807) is 12.1 Å². The van der Waals surface area contributed by atoms with Crippen molar-refractivity contribution in [1.29, 1.82) is 0 Å². The number of hydrogen-bond donors (Lipinski definition) is 2. The molecule has 0 saturated heterocycles. The van der Waals surface area contributed by atoms with E-state index in [0.29, 0.717) is 0 Å². The molecule has 0 aliphatic rings. The van der Waals surface area contributed by atoms with Crippen molar-refractivity contribution >= 4 is 21.5 Å². The average molecular weight is 667 g/mol. The summed E-state index contributed by atoms with van der Waals surface area (Å²) in [5.41, 5.74) is 12.7. The number of benzene rings is 9. The highest BCUT2D eigenvalue weighted by atomic mass is 16.3. The fourth-order valence-corrected chi connectivity index (χ4v) is 7.54. The van der Waals surface area contributed by atoms with Gasteiger partial charge in [-0.2, -0.15) is 0 Å². The zero-order valence-electron chi connectivity index (χ0n) is 28.4. The zero-order chi connectivity index (χ0) is 35.0. The number of phenolic OH excluding ortho intramolecular Hbond substituents is 2. The first-order valence-electron chi connectivity index (χ1n) is 17.5. The van der Waals surface area contributed by atoms with E-state index in [1.807, 2.05) is 72.8 Å². The monoisotopic (exact) mass is 666 g/mol. The summed E-state index contributed by atoms with van der Waals surface area (Å²) in [6.07, 6.45) is 0. The molecule has 9 rings (SSSR count). The fourth-order valence-electron chi connectivity index (χ4n) is 7.54. The van der Waals surface area contributed by atoms with Crippen molar-refractivity contribution in [1.82, 2.24) is 0 Å². The van der Waals surface area contributed by atoms with Gasteiger partial charge in [0.05, 0.1) is 0 Å². The van der Waals surface area contributed by atoms with Gasteiger partial charge in [0.2, 0.25) is 0 Å². The van der Waals surface area contributed by atoms with E-state index in [-0.39, 0.29) is 11.5 Å². The Morgan fingerprint density at radius 2 is 0.519 bits per heavy atom. The van der Waals surface area contributed by atoms with Crippen LogP contribution in [0.3, 0.4) is 0 Å². The Hall–Kier alpha value is -6.90. The van der Waals surface area contributed by atoms with Crippen LogP contribution >= 0.6 is 0 Å². The number of aromatic hydroxyl groups is 2. The summed E-state index contributed by atoms with van der Waals surface area (Å²) >= 11 is 0. The Kier molecular flexibility index (Phi) is 7.83. The van der Waals surface area contributed by atoms with Crippen molar-refractivity contribution in [2.24, 2.45) is 0 Å². The lowest BCUT2D eigenvalue weighted by Gasteiger charge is -2.18. The second kappa shape index (κ2) is 13.1. The maximum absolute atomic E-state index is 10.6. The lowest BCUT2D eigenvalue weighted by atomic mass is 9.85. The van der Waals surface area contributed by atoms with Crippen LogP contribution in [0.15, 0.2) is 194 Å². The van der Waals surface area contributed by atoms with Crippen molar-refractivity contribution < 1.29 is 10.2 Å². The van der Waals surface area contributed by atoms with E-state index in [0.717, 1.165) is 55.6 Å². The first-order valence-corrected chi connectivity index (χ1v) is 17.5. The van der Waals surface area contributed by atoms with E-state index in [9.17, 15) is 10.2 Å². The highest BCUT2D eigenvalue weighted by Gasteiger charge is 2.17. The maximum Gasteiger partial charge on any atom is 0.123 e. The lowest BCUT2D eigenvalue weighted by Crippen LogP contribution is -1.91. The van der Waals surface area contributed by atoms with Gasteiger partial charge in [0, 0.05) is 11.1 Å². The average Bonchev–Trinajstić information content (AvgIpc) is 3.21.